The van der Waals surface area contributed by atoms with Gasteiger partial charge in [-0.15, -0.1) is 11.3 Å². The van der Waals surface area contributed by atoms with Crippen molar-refractivity contribution in [3.63, 3.8) is 0 Å². The van der Waals surface area contributed by atoms with Crippen LogP contribution < -0.4 is 30.6 Å². The fraction of sp³-hybridized carbons (Fsp3) is 0.368. The predicted octanol–water partition coefficient (Wildman–Crippen LogP) is 3.40. The molecule has 8 nitrogen and oxygen atoms in total. The highest BCUT2D eigenvalue weighted by molar-refractivity contribution is 7.17. The Morgan fingerprint density at radius 3 is 2.21 bits per heavy atom. The number of urea groups is 1. The first-order valence-corrected chi connectivity index (χ1v) is 9.62. The van der Waals surface area contributed by atoms with Gasteiger partial charge in [-0.1, -0.05) is 0 Å². The molecule has 0 atom stereocenters. The maximum absolute atomic E-state index is 12.5. The van der Waals surface area contributed by atoms with Crippen LogP contribution in [0.15, 0.2) is 12.1 Å². The van der Waals surface area contributed by atoms with E-state index in [1.807, 2.05) is 0 Å². The van der Waals surface area contributed by atoms with Gasteiger partial charge in [-0.2, -0.15) is 0 Å². The van der Waals surface area contributed by atoms with Crippen molar-refractivity contribution >= 4 is 34.0 Å². The maximum Gasteiger partial charge on any atom is 0.324 e. The fourth-order valence-electron chi connectivity index (χ4n) is 3.33. The molecule has 2 aromatic rings. The maximum atomic E-state index is 12.5. The van der Waals surface area contributed by atoms with E-state index in [1.54, 1.807) is 12.1 Å². The molecule has 0 fully saturated rings. The minimum Gasteiger partial charge on any atom is -0.493 e. The van der Waals surface area contributed by atoms with Crippen molar-refractivity contribution in [3.8, 4) is 17.2 Å². The summed E-state index contributed by atoms with van der Waals surface area (Å²) in [5.74, 6) is 0.739. The van der Waals surface area contributed by atoms with Crippen LogP contribution in [0.1, 0.15) is 33.6 Å². The molecule has 0 radical (unpaired) electrons. The molecule has 1 aliphatic carbocycles. The summed E-state index contributed by atoms with van der Waals surface area (Å²) in [4.78, 5) is 25.6. The number of carbonyl (C=O) groups is 2. The molecular formula is C19H23N3O5S. The number of primary amides is 1. The predicted molar refractivity (Wildman–Crippen MR) is 108 cm³/mol. The number of ether oxygens (including phenoxy) is 3. The molecule has 28 heavy (non-hydrogen) atoms. The first kappa shape index (κ1) is 19.8. The average molecular weight is 405 g/mol. The number of fused-ring (bicyclic) bond motifs is 1. The number of amides is 3. The zero-order valence-corrected chi connectivity index (χ0v) is 16.8. The number of benzene rings is 1. The number of nitrogens with two attached hydrogens (primary N) is 1. The van der Waals surface area contributed by atoms with E-state index in [2.05, 4.69) is 10.6 Å². The van der Waals surface area contributed by atoms with Crippen LogP contribution in [0, 0.1) is 0 Å². The van der Waals surface area contributed by atoms with Gasteiger partial charge in [-0.05, 0) is 31.2 Å². The zero-order chi connectivity index (χ0) is 20.3. The lowest BCUT2D eigenvalue weighted by Crippen LogP contribution is -2.22. The van der Waals surface area contributed by atoms with Crippen LogP contribution in [0.2, 0.25) is 0 Å². The van der Waals surface area contributed by atoms with Gasteiger partial charge in [-0.3, -0.25) is 10.1 Å². The summed E-state index contributed by atoms with van der Waals surface area (Å²) in [5, 5.41) is 5.96. The number of nitrogens with one attached hydrogen (secondary N) is 2. The van der Waals surface area contributed by atoms with E-state index in [0.717, 1.165) is 36.1 Å². The van der Waals surface area contributed by atoms with Crippen LogP contribution in [-0.2, 0) is 12.8 Å². The molecule has 0 saturated carbocycles. The number of anilines is 2. The van der Waals surface area contributed by atoms with Crippen molar-refractivity contribution in [2.75, 3.05) is 32.0 Å². The number of aryl methyl sites for hydroxylation is 1. The molecular weight excluding hydrogens is 382 g/mol. The third-order valence-electron chi connectivity index (χ3n) is 4.57. The lowest BCUT2D eigenvalue weighted by atomic mass is 9.95. The number of hydrogen-bond donors (Lipinski definition) is 3. The fourth-order valence-corrected chi connectivity index (χ4v) is 4.62. The van der Waals surface area contributed by atoms with Crippen LogP contribution in [-0.4, -0.2) is 33.3 Å². The normalized spacial score (nSPS) is 12.7. The molecule has 150 valence electrons. The molecule has 1 heterocycles. The lowest BCUT2D eigenvalue weighted by molar-refractivity contribution is 0.100. The van der Waals surface area contributed by atoms with Crippen LogP contribution >= 0.6 is 11.3 Å². The summed E-state index contributed by atoms with van der Waals surface area (Å²) in [6, 6.07) is 2.75. The number of carbonyl (C=O) groups excluding carboxylic acids is 2. The lowest BCUT2D eigenvalue weighted by Gasteiger charge is -2.15. The minimum absolute atomic E-state index is 0.416. The highest BCUT2D eigenvalue weighted by Gasteiger charge is 2.25. The summed E-state index contributed by atoms with van der Waals surface area (Å²) >= 11 is 1.41. The summed E-state index contributed by atoms with van der Waals surface area (Å²) in [5.41, 5.74) is 7.40. The van der Waals surface area contributed by atoms with E-state index >= 15 is 0 Å². The Balaban J connectivity index is 1.83. The smallest absolute Gasteiger partial charge is 0.324 e. The third kappa shape index (κ3) is 3.84. The molecule has 1 aromatic heterocycles. The van der Waals surface area contributed by atoms with Gasteiger partial charge in [0.1, 0.15) is 5.00 Å². The van der Waals surface area contributed by atoms with Crippen molar-refractivity contribution in [2.45, 2.75) is 25.7 Å². The minimum atomic E-state index is -0.525. The monoisotopic (exact) mass is 405 g/mol. The van der Waals surface area contributed by atoms with Crippen molar-refractivity contribution in [3.05, 3.63) is 28.1 Å². The molecule has 4 N–H and O–H groups in total. The van der Waals surface area contributed by atoms with Gasteiger partial charge in [0.05, 0.1) is 32.6 Å². The second kappa shape index (κ2) is 8.39. The summed E-state index contributed by atoms with van der Waals surface area (Å²) in [6.07, 6.45) is 3.79. The molecule has 1 aromatic carbocycles. The van der Waals surface area contributed by atoms with Crippen LogP contribution in [0.5, 0.6) is 17.2 Å². The molecule has 0 spiro atoms. The largest absolute Gasteiger partial charge is 0.493 e. The van der Waals surface area contributed by atoms with E-state index in [9.17, 15) is 9.59 Å². The Labute approximate surface area is 167 Å². The molecule has 3 rings (SSSR count). The highest BCUT2D eigenvalue weighted by atomic mass is 32.1. The van der Waals surface area contributed by atoms with Crippen molar-refractivity contribution in [2.24, 2.45) is 5.73 Å². The van der Waals surface area contributed by atoms with E-state index in [0.29, 0.717) is 33.5 Å². The van der Waals surface area contributed by atoms with Gasteiger partial charge in [-0.25, -0.2) is 4.79 Å². The Bertz CT molecular complexity index is 884. The quantitative estimate of drug-likeness (QED) is 0.682. The molecule has 9 heteroatoms. The van der Waals surface area contributed by atoms with E-state index in [-0.39, 0.29) is 0 Å². The Kier molecular flexibility index (Phi) is 5.93. The third-order valence-corrected chi connectivity index (χ3v) is 5.77. The summed E-state index contributed by atoms with van der Waals surface area (Å²) in [6.45, 7) is 0. The van der Waals surface area contributed by atoms with E-state index in [1.165, 1.54) is 32.7 Å². The number of methoxy groups -OCH3 is 3. The van der Waals surface area contributed by atoms with E-state index < -0.39 is 11.9 Å². The average Bonchev–Trinajstić information content (AvgIpc) is 3.04. The van der Waals surface area contributed by atoms with Gasteiger partial charge < -0.3 is 25.3 Å². The van der Waals surface area contributed by atoms with Crippen molar-refractivity contribution in [1.29, 1.82) is 0 Å². The van der Waals surface area contributed by atoms with Gasteiger partial charge in [0, 0.05) is 17.0 Å². The topological polar surface area (TPSA) is 112 Å². The Morgan fingerprint density at radius 2 is 1.64 bits per heavy atom. The Hall–Kier alpha value is -2.94. The standard InChI is InChI=1S/C19H23N3O5S/c1-25-12-8-10(9-13(26-2)16(12)27-3)21-19(24)22-18-15(17(20)23)11-6-4-5-7-14(11)28-18/h8-9H,4-7H2,1-3H3,(H2,20,23)(H2,21,22,24). The molecule has 0 unspecified atom stereocenters. The Morgan fingerprint density at radius 1 is 1.00 bits per heavy atom. The van der Waals surface area contributed by atoms with Gasteiger partial charge >= 0.3 is 6.03 Å². The second-order valence-electron chi connectivity index (χ2n) is 6.27. The first-order valence-electron chi connectivity index (χ1n) is 8.80. The van der Waals surface area contributed by atoms with Crippen molar-refractivity contribution < 1.29 is 23.8 Å². The van der Waals surface area contributed by atoms with Gasteiger partial charge in [0.2, 0.25) is 5.75 Å². The first-order chi connectivity index (χ1) is 13.5. The van der Waals surface area contributed by atoms with Crippen LogP contribution in [0.4, 0.5) is 15.5 Å². The van der Waals surface area contributed by atoms with Gasteiger partial charge in [0.15, 0.2) is 11.5 Å². The van der Waals surface area contributed by atoms with E-state index in [4.69, 9.17) is 19.9 Å². The summed E-state index contributed by atoms with van der Waals surface area (Å²) < 4.78 is 15.9. The molecule has 0 saturated heterocycles. The SMILES string of the molecule is COc1cc(NC(=O)Nc2sc3c(c2C(N)=O)CCCC3)cc(OC)c1OC. The number of rotatable bonds is 6. The van der Waals surface area contributed by atoms with Crippen molar-refractivity contribution in [1.82, 2.24) is 0 Å². The van der Waals surface area contributed by atoms with Crippen LogP contribution in [0.3, 0.4) is 0 Å². The second-order valence-corrected chi connectivity index (χ2v) is 7.38. The molecule has 0 aliphatic heterocycles. The molecule has 0 bridgehead atoms. The molecule has 3 amide bonds. The molecule has 1 aliphatic rings. The highest BCUT2D eigenvalue weighted by Crippen LogP contribution is 2.40. The summed E-state index contributed by atoms with van der Waals surface area (Å²) in [7, 11) is 4.50. The number of thiophene rings is 1. The zero-order valence-electron chi connectivity index (χ0n) is 16.0. The van der Waals surface area contributed by atoms with Gasteiger partial charge in [0.25, 0.3) is 5.91 Å². The number of hydrogen-bond acceptors (Lipinski definition) is 6. The van der Waals surface area contributed by atoms with Crippen LogP contribution in [0.25, 0.3) is 0 Å².